The number of nitrogens with zero attached hydrogens (tertiary/aromatic N) is 1. The molecule has 0 saturated heterocycles. The van der Waals surface area contributed by atoms with E-state index in [0.717, 1.165) is 17.0 Å². The van der Waals surface area contributed by atoms with Crippen LogP contribution in [0.3, 0.4) is 0 Å². The molecule has 0 spiro atoms. The summed E-state index contributed by atoms with van der Waals surface area (Å²) >= 11 is 0. The lowest BCUT2D eigenvalue weighted by Gasteiger charge is -2.36. The van der Waals surface area contributed by atoms with E-state index < -0.39 is 11.6 Å². The zero-order chi connectivity index (χ0) is 13.5. The van der Waals surface area contributed by atoms with Crippen LogP contribution in [0.15, 0.2) is 18.2 Å². The number of fused-ring (bicyclic) bond motifs is 1. The van der Waals surface area contributed by atoms with Crippen LogP contribution < -0.4 is 15.4 Å². The Balaban J connectivity index is 2.42. The Bertz CT molecular complexity index is 477. The maximum absolute atomic E-state index is 12.2. The Morgan fingerprint density at radius 1 is 1.44 bits per heavy atom. The highest BCUT2D eigenvalue weighted by molar-refractivity contribution is 6.00. The predicted octanol–water partition coefficient (Wildman–Crippen LogP) is 1.85. The third-order valence-electron chi connectivity index (χ3n) is 2.89. The number of carbonyl (C=O) groups excluding carboxylic acids is 1. The molecule has 4 nitrogen and oxygen atoms in total. The van der Waals surface area contributed by atoms with Crippen molar-refractivity contribution in [2.24, 2.45) is 5.73 Å². The summed E-state index contributed by atoms with van der Waals surface area (Å²) in [4.78, 5) is 13.9. The van der Waals surface area contributed by atoms with Crippen molar-refractivity contribution in [2.45, 2.75) is 39.3 Å². The van der Waals surface area contributed by atoms with Gasteiger partial charge in [0.1, 0.15) is 5.75 Å². The third kappa shape index (κ3) is 2.48. The zero-order valence-electron chi connectivity index (χ0n) is 11.4. The van der Waals surface area contributed by atoms with Crippen molar-refractivity contribution >= 4 is 11.6 Å². The lowest BCUT2D eigenvalue weighted by molar-refractivity contribution is -0.125. The van der Waals surface area contributed by atoms with Crippen molar-refractivity contribution in [1.82, 2.24) is 0 Å². The average molecular weight is 248 g/mol. The minimum absolute atomic E-state index is 0.0371. The number of nitrogens with two attached hydrogens (primary N) is 1. The van der Waals surface area contributed by atoms with Gasteiger partial charge in [-0.1, -0.05) is 6.07 Å². The van der Waals surface area contributed by atoms with Crippen molar-refractivity contribution in [1.29, 1.82) is 0 Å². The van der Waals surface area contributed by atoms with Gasteiger partial charge >= 0.3 is 0 Å². The van der Waals surface area contributed by atoms with Gasteiger partial charge in [0.25, 0.3) is 5.91 Å². The number of carbonyl (C=O) groups is 1. The van der Waals surface area contributed by atoms with E-state index in [0.29, 0.717) is 6.54 Å². The molecule has 1 heterocycles. The average Bonchev–Trinajstić information content (AvgIpc) is 2.23. The molecule has 0 aliphatic carbocycles. The summed E-state index contributed by atoms with van der Waals surface area (Å²) in [6.07, 6.45) is -0.457. The molecule has 0 fully saturated rings. The van der Waals surface area contributed by atoms with Crippen LogP contribution in [-0.2, 0) is 4.79 Å². The number of hydrogen-bond acceptors (Lipinski definition) is 3. The van der Waals surface area contributed by atoms with Crippen LogP contribution in [0.4, 0.5) is 5.69 Å². The van der Waals surface area contributed by atoms with Crippen LogP contribution >= 0.6 is 0 Å². The van der Waals surface area contributed by atoms with Crippen molar-refractivity contribution in [2.75, 3.05) is 11.4 Å². The third-order valence-corrected chi connectivity index (χ3v) is 2.89. The minimum atomic E-state index is -0.457. The van der Waals surface area contributed by atoms with Crippen LogP contribution in [0, 0.1) is 6.92 Å². The van der Waals surface area contributed by atoms with Crippen LogP contribution in [0.25, 0.3) is 0 Å². The van der Waals surface area contributed by atoms with Crippen molar-refractivity contribution < 1.29 is 9.53 Å². The molecular weight excluding hydrogens is 228 g/mol. The van der Waals surface area contributed by atoms with Gasteiger partial charge in [0.05, 0.1) is 5.69 Å². The summed E-state index contributed by atoms with van der Waals surface area (Å²) < 4.78 is 5.64. The van der Waals surface area contributed by atoms with Gasteiger partial charge < -0.3 is 15.4 Å². The second kappa shape index (κ2) is 4.28. The molecule has 0 radical (unpaired) electrons. The minimum Gasteiger partial charge on any atom is -0.479 e. The first kappa shape index (κ1) is 12.9. The normalized spacial score (nSPS) is 19.5. The van der Waals surface area contributed by atoms with Gasteiger partial charge in [-0.05, 0) is 45.4 Å². The summed E-state index contributed by atoms with van der Waals surface area (Å²) in [5.74, 6) is 0.719. The Morgan fingerprint density at radius 2 is 2.11 bits per heavy atom. The summed E-state index contributed by atoms with van der Waals surface area (Å²) in [6, 6.07) is 5.84. The molecule has 4 heteroatoms. The highest BCUT2D eigenvalue weighted by Crippen LogP contribution is 2.35. The smallest absolute Gasteiger partial charge is 0.267 e. The van der Waals surface area contributed by atoms with Gasteiger partial charge in [0.2, 0.25) is 0 Å². The van der Waals surface area contributed by atoms with Crippen LogP contribution in [0.1, 0.15) is 26.3 Å². The highest BCUT2D eigenvalue weighted by atomic mass is 16.5. The molecule has 1 aromatic carbocycles. The lowest BCUT2D eigenvalue weighted by Crippen LogP contribution is -2.53. The predicted molar refractivity (Wildman–Crippen MR) is 71.9 cm³/mol. The molecular formula is C14H20N2O2. The Hall–Kier alpha value is -1.55. The molecule has 1 aromatic rings. The Kier molecular flexibility index (Phi) is 3.07. The van der Waals surface area contributed by atoms with E-state index in [-0.39, 0.29) is 5.91 Å². The molecule has 0 bridgehead atoms. The molecule has 18 heavy (non-hydrogen) atoms. The number of amides is 1. The van der Waals surface area contributed by atoms with E-state index >= 15 is 0 Å². The van der Waals surface area contributed by atoms with Crippen LogP contribution in [0.5, 0.6) is 5.75 Å². The molecule has 98 valence electrons. The Labute approximate surface area is 108 Å². The lowest BCUT2D eigenvalue weighted by atomic mass is 10.0. The van der Waals surface area contributed by atoms with E-state index in [1.165, 1.54) is 0 Å². The Morgan fingerprint density at radius 3 is 2.72 bits per heavy atom. The maximum atomic E-state index is 12.2. The van der Waals surface area contributed by atoms with Gasteiger partial charge in [-0.15, -0.1) is 0 Å². The molecule has 0 saturated carbocycles. The number of aryl methyl sites for hydroxylation is 1. The van der Waals surface area contributed by atoms with E-state index in [4.69, 9.17) is 10.5 Å². The van der Waals surface area contributed by atoms with Crippen molar-refractivity contribution in [3.63, 3.8) is 0 Å². The SMILES string of the molecule is Cc1ccc2c(c1)OC(C)C(=O)N2CC(C)(C)N. The van der Waals surface area contributed by atoms with Gasteiger partial charge in [0, 0.05) is 12.1 Å². The number of ether oxygens (including phenoxy) is 1. The van der Waals surface area contributed by atoms with Crippen molar-refractivity contribution in [3.8, 4) is 5.75 Å². The van der Waals surface area contributed by atoms with Gasteiger partial charge in [-0.3, -0.25) is 4.79 Å². The first-order valence-corrected chi connectivity index (χ1v) is 6.15. The van der Waals surface area contributed by atoms with E-state index in [1.54, 1.807) is 11.8 Å². The molecule has 2 N–H and O–H groups in total. The van der Waals surface area contributed by atoms with E-state index in [2.05, 4.69) is 0 Å². The number of benzene rings is 1. The van der Waals surface area contributed by atoms with Gasteiger partial charge in [0.15, 0.2) is 6.10 Å². The second-order valence-electron chi connectivity index (χ2n) is 5.64. The summed E-state index contributed by atoms with van der Waals surface area (Å²) in [5, 5.41) is 0. The molecule has 1 atom stereocenters. The molecule has 1 aliphatic heterocycles. The van der Waals surface area contributed by atoms with Crippen LogP contribution in [-0.4, -0.2) is 24.1 Å². The molecule has 1 unspecified atom stereocenters. The van der Waals surface area contributed by atoms with E-state index in [9.17, 15) is 4.79 Å². The largest absolute Gasteiger partial charge is 0.479 e. The first-order valence-electron chi connectivity index (χ1n) is 6.15. The molecule has 0 aromatic heterocycles. The zero-order valence-corrected chi connectivity index (χ0v) is 11.4. The number of rotatable bonds is 2. The van der Waals surface area contributed by atoms with Crippen LogP contribution in [0.2, 0.25) is 0 Å². The molecule has 2 rings (SSSR count). The number of anilines is 1. The molecule has 1 aliphatic rings. The van der Waals surface area contributed by atoms with Crippen molar-refractivity contribution in [3.05, 3.63) is 23.8 Å². The fourth-order valence-electron chi connectivity index (χ4n) is 2.09. The monoisotopic (exact) mass is 248 g/mol. The summed E-state index contributed by atoms with van der Waals surface area (Å²) in [6.45, 7) is 8.07. The fourth-order valence-corrected chi connectivity index (χ4v) is 2.09. The van der Waals surface area contributed by atoms with Gasteiger partial charge in [-0.25, -0.2) is 0 Å². The number of hydrogen-bond donors (Lipinski definition) is 1. The summed E-state index contributed by atoms with van der Waals surface area (Å²) in [7, 11) is 0. The van der Waals surface area contributed by atoms with Gasteiger partial charge in [-0.2, -0.15) is 0 Å². The second-order valence-corrected chi connectivity index (χ2v) is 5.64. The fraction of sp³-hybridized carbons (Fsp3) is 0.500. The highest BCUT2D eigenvalue weighted by Gasteiger charge is 2.33. The summed E-state index contributed by atoms with van der Waals surface area (Å²) in [5.41, 5.74) is 7.51. The quantitative estimate of drug-likeness (QED) is 0.869. The maximum Gasteiger partial charge on any atom is 0.267 e. The first-order chi connectivity index (χ1) is 8.28. The molecule has 1 amide bonds. The standard InChI is InChI=1S/C14H20N2O2/c1-9-5-6-11-12(7-9)18-10(2)13(17)16(11)8-14(3,4)15/h5-7,10H,8,15H2,1-4H3. The topological polar surface area (TPSA) is 55.6 Å². The van der Waals surface area contributed by atoms with E-state index in [1.807, 2.05) is 39.0 Å².